The van der Waals surface area contributed by atoms with Gasteiger partial charge < -0.3 is 15.1 Å². The van der Waals surface area contributed by atoms with Gasteiger partial charge in [0.05, 0.1) is 0 Å². The van der Waals surface area contributed by atoms with Crippen LogP contribution in [0.1, 0.15) is 64.3 Å². The fourth-order valence-corrected chi connectivity index (χ4v) is 4.97. The summed E-state index contributed by atoms with van der Waals surface area (Å²) in [7, 11) is 0. The zero-order chi connectivity index (χ0) is 22.8. The molecule has 3 rings (SSSR count). The second kappa shape index (κ2) is 12.9. The summed E-state index contributed by atoms with van der Waals surface area (Å²) in [6, 6.07) is 11.0. The normalized spacial score (nSPS) is 16.9. The minimum atomic E-state index is 0.125. The average molecular weight is 458 g/mol. The molecule has 0 aliphatic carbocycles. The summed E-state index contributed by atoms with van der Waals surface area (Å²) in [6.45, 7) is 11.3. The Labute approximate surface area is 197 Å². The number of nitrogens with zero attached hydrogens (tertiary/aromatic N) is 4. The van der Waals surface area contributed by atoms with Crippen LogP contribution < -0.4 is 10.2 Å². The van der Waals surface area contributed by atoms with Gasteiger partial charge in [-0.3, -0.25) is 4.79 Å². The number of anilines is 1. The van der Waals surface area contributed by atoms with Gasteiger partial charge in [0, 0.05) is 56.6 Å². The van der Waals surface area contributed by atoms with E-state index in [1.807, 2.05) is 18.2 Å². The van der Waals surface area contributed by atoms with Gasteiger partial charge in [-0.1, -0.05) is 50.6 Å². The zero-order valence-electron chi connectivity index (χ0n) is 19.9. The van der Waals surface area contributed by atoms with E-state index in [1.54, 1.807) is 0 Å². The maximum atomic E-state index is 12.4. The van der Waals surface area contributed by atoms with Crippen LogP contribution in [0.15, 0.2) is 30.3 Å². The highest BCUT2D eigenvalue weighted by atomic mass is 32.1. The van der Waals surface area contributed by atoms with Crippen molar-refractivity contribution in [2.75, 3.05) is 37.6 Å². The third kappa shape index (κ3) is 8.17. The van der Waals surface area contributed by atoms with Crippen LogP contribution >= 0.6 is 11.5 Å². The summed E-state index contributed by atoms with van der Waals surface area (Å²) in [4.78, 5) is 22.0. The van der Waals surface area contributed by atoms with Crippen molar-refractivity contribution in [2.45, 2.75) is 65.3 Å². The molecule has 7 heteroatoms. The number of likely N-dealkylation sites (tertiary alicyclic amines) is 1. The number of aromatic nitrogens is 2. The fourth-order valence-electron chi connectivity index (χ4n) is 4.25. The van der Waals surface area contributed by atoms with Gasteiger partial charge in [-0.05, 0) is 44.2 Å². The molecule has 1 atom stereocenters. The molecule has 1 N–H and O–H groups in total. The Bertz CT molecular complexity index is 810. The number of nitrogens with one attached hydrogen (secondary N) is 1. The van der Waals surface area contributed by atoms with Crippen molar-refractivity contribution in [3.05, 3.63) is 41.7 Å². The van der Waals surface area contributed by atoms with Crippen LogP contribution in [0, 0.1) is 5.92 Å². The maximum absolute atomic E-state index is 12.4. The third-order valence-electron chi connectivity index (χ3n) is 6.01. The van der Waals surface area contributed by atoms with E-state index in [0.717, 1.165) is 43.4 Å². The molecular formula is C25H39N5OS. The van der Waals surface area contributed by atoms with E-state index in [9.17, 15) is 4.79 Å². The number of piperidine rings is 1. The van der Waals surface area contributed by atoms with Crippen LogP contribution in [-0.4, -0.2) is 58.9 Å². The first kappa shape index (κ1) is 24.6. The first-order chi connectivity index (χ1) is 15.5. The lowest BCUT2D eigenvalue weighted by molar-refractivity contribution is -0.120. The Balaban J connectivity index is 1.43. The van der Waals surface area contributed by atoms with Gasteiger partial charge in [0.15, 0.2) is 0 Å². The lowest BCUT2D eigenvalue weighted by Gasteiger charge is -2.33. The molecule has 1 aliphatic heterocycles. The van der Waals surface area contributed by atoms with Crippen LogP contribution in [0.3, 0.4) is 0 Å². The van der Waals surface area contributed by atoms with E-state index in [1.165, 1.54) is 42.9 Å². The number of carbonyl (C=O) groups excluding carboxylic acids is 1. The molecule has 1 amide bonds. The van der Waals surface area contributed by atoms with Crippen molar-refractivity contribution < 1.29 is 4.79 Å². The van der Waals surface area contributed by atoms with E-state index in [2.05, 4.69) is 52.4 Å². The second-order valence-electron chi connectivity index (χ2n) is 9.33. The Morgan fingerprint density at radius 3 is 2.84 bits per heavy atom. The Hall–Kier alpha value is -1.99. The molecule has 1 aromatic heterocycles. The standard InChI is InChI=1S/C25H39N5OS/c1-20(2)19-30(25-27-23(28-32-25)18-22-11-5-4-6-12-22)17-13-24(31)26-14-9-16-29-15-8-7-10-21(29)3/h4-6,11-12,20-21H,7-10,13-19H2,1-3H3,(H,26,31). The molecule has 2 aromatic rings. The monoisotopic (exact) mass is 457 g/mol. The molecule has 1 fully saturated rings. The van der Waals surface area contributed by atoms with Crippen molar-refractivity contribution >= 4 is 22.6 Å². The molecule has 0 bridgehead atoms. The van der Waals surface area contributed by atoms with Crippen LogP contribution in [0.2, 0.25) is 0 Å². The molecule has 32 heavy (non-hydrogen) atoms. The minimum absolute atomic E-state index is 0.125. The molecule has 2 heterocycles. The Kier molecular flexibility index (Phi) is 9.93. The number of rotatable bonds is 12. The molecule has 1 aromatic carbocycles. The minimum Gasteiger partial charge on any atom is -0.356 e. The number of hydrogen-bond donors (Lipinski definition) is 1. The van der Waals surface area contributed by atoms with E-state index < -0.39 is 0 Å². The zero-order valence-corrected chi connectivity index (χ0v) is 20.7. The molecule has 1 unspecified atom stereocenters. The molecular weight excluding hydrogens is 418 g/mol. The van der Waals surface area contributed by atoms with E-state index >= 15 is 0 Å². The summed E-state index contributed by atoms with van der Waals surface area (Å²) >= 11 is 1.44. The molecule has 176 valence electrons. The summed E-state index contributed by atoms with van der Waals surface area (Å²) in [6.07, 6.45) is 6.20. The molecule has 0 saturated carbocycles. The number of carbonyl (C=O) groups is 1. The second-order valence-corrected chi connectivity index (χ2v) is 10.1. The van der Waals surface area contributed by atoms with Crippen LogP contribution in [0.5, 0.6) is 0 Å². The fraction of sp³-hybridized carbons (Fsp3) is 0.640. The lowest BCUT2D eigenvalue weighted by Crippen LogP contribution is -2.39. The first-order valence-corrected chi connectivity index (χ1v) is 12.9. The highest BCUT2D eigenvalue weighted by Gasteiger charge is 2.18. The quantitative estimate of drug-likeness (QED) is 0.480. The summed E-state index contributed by atoms with van der Waals surface area (Å²) in [5, 5.41) is 4.02. The van der Waals surface area contributed by atoms with Gasteiger partial charge in [0.25, 0.3) is 0 Å². The van der Waals surface area contributed by atoms with E-state index in [-0.39, 0.29) is 5.91 Å². The van der Waals surface area contributed by atoms with Crippen LogP contribution in [0.25, 0.3) is 0 Å². The van der Waals surface area contributed by atoms with Crippen molar-refractivity contribution in [3.8, 4) is 0 Å². The van der Waals surface area contributed by atoms with Gasteiger partial charge in [0.1, 0.15) is 5.82 Å². The number of hydrogen-bond acceptors (Lipinski definition) is 6. The molecule has 0 radical (unpaired) electrons. The summed E-state index contributed by atoms with van der Waals surface area (Å²) < 4.78 is 4.56. The largest absolute Gasteiger partial charge is 0.356 e. The van der Waals surface area contributed by atoms with E-state index in [0.29, 0.717) is 24.9 Å². The van der Waals surface area contributed by atoms with Gasteiger partial charge in [-0.2, -0.15) is 4.37 Å². The first-order valence-electron chi connectivity index (χ1n) is 12.1. The van der Waals surface area contributed by atoms with Gasteiger partial charge in [0.2, 0.25) is 11.0 Å². The summed E-state index contributed by atoms with van der Waals surface area (Å²) in [5.41, 5.74) is 1.21. The van der Waals surface area contributed by atoms with Gasteiger partial charge in [-0.25, -0.2) is 4.98 Å². The van der Waals surface area contributed by atoms with Crippen molar-refractivity contribution in [2.24, 2.45) is 5.92 Å². The Morgan fingerprint density at radius 1 is 1.28 bits per heavy atom. The highest BCUT2D eigenvalue weighted by molar-refractivity contribution is 7.09. The van der Waals surface area contributed by atoms with Gasteiger partial charge in [-0.15, -0.1) is 0 Å². The number of benzene rings is 1. The van der Waals surface area contributed by atoms with E-state index in [4.69, 9.17) is 4.98 Å². The SMILES string of the molecule is CC(C)CN(CCC(=O)NCCCN1CCCCC1C)c1nc(Cc2ccccc2)ns1. The van der Waals surface area contributed by atoms with Crippen molar-refractivity contribution in [1.82, 2.24) is 19.6 Å². The van der Waals surface area contributed by atoms with Crippen LogP contribution in [0.4, 0.5) is 5.13 Å². The lowest BCUT2D eigenvalue weighted by atomic mass is 10.0. The topological polar surface area (TPSA) is 61.4 Å². The smallest absolute Gasteiger partial charge is 0.221 e. The summed E-state index contributed by atoms with van der Waals surface area (Å²) in [5.74, 6) is 1.46. The predicted octanol–water partition coefficient (Wildman–Crippen LogP) is 4.36. The average Bonchev–Trinajstić information content (AvgIpc) is 3.24. The molecule has 1 saturated heterocycles. The maximum Gasteiger partial charge on any atom is 0.221 e. The molecule has 6 nitrogen and oxygen atoms in total. The van der Waals surface area contributed by atoms with Crippen molar-refractivity contribution in [1.29, 1.82) is 0 Å². The predicted molar refractivity (Wildman–Crippen MR) is 133 cm³/mol. The molecule has 0 spiro atoms. The van der Waals surface area contributed by atoms with Crippen molar-refractivity contribution in [3.63, 3.8) is 0 Å². The highest BCUT2D eigenvalue weighted by Crippen LogP contribution is 2.21. The number of amides is 1. The van der Waals surface area contributed by atoms with Crippen LogP contribution in [-0.2, 0) is 11.2 Å². The van der Waals surface area contributed by atoms with Gasteiger partial charge >= 0.3 is 0 Å². The Morgan fingerprint density at radius 2 is 2.09 bits per heavy atom. The third-order valence-corrected chi connectivity index (χ3v) is 6.83. The molecule has 1 aliphatic rings.